The molecule has 7 heteroatoms. The minimum atomic E-state index is -0.788. The molecule has 1 unspecified atom stereocenters. The normalized spacial score (nSPS) is 12.3. The van der Waals surface area contributed by atoms with Gasteiger partial charge in [-0.25, -0.2) is 0 Å². The van der Waals surface area contributed by atoms with E-state index in [-0.39, 0.29) is 21.5 Å². The maximum atomic E-state index is 12.1. The lowest BCUT2D eigenvalue weighted by Crippen LogP contribution is -2.47. The Balaban J connectivity index is 3.04. The number of halogens is 2. The topological polar surface area (TPSA) is 98.2 Å². The molecule has 0 heterocycles. The number of amides is 2. The number of primary amides is 1. The van der Waals surface area contributed by atoms with E-state index < -0.39 is 17.9 Å². The van der Waals surface area contributed by atoms with Crippen LogP contribution in [0.2, 0.25) is 10.0 Å². The Morgan fingerprint density at radius 1 is 1.26 bits per heavy atom. The van der Waals surface area contributed by atoms with Gasteiger partial charge >= 0.3 is 0 Å². The smallest absolute Gasteiger partial charge is 0.253 e. The summed E-state index contributed by atoms with van der Waals surface area (Å²) in [6.07, 6.45) is 0. The highest BCUT2D eigenvalue weighted by Crippen LogP contribution is 2.28. The van der Waals surface area contributed by atoms with E-state index in [9.17, 15) is 9.59 Å². The van der Waals surface area contributed by atoms with Crippen molar-refractivity contribution in [1.82, 2.24) is 5.32 Å². The summed E-state index contributed by atoms with van der Waals surface area (Å²) in [6, 6.07) is 2.04. The van der Waals surface area contributed by atoms with Crippen molar-refractivity contribution in [3.63, 3.8) is 0 Å². The summed E-state index contributed by atoms with van der Waals surface area (Å²) < 4.78 is 0. The molecule has 0 bridgehead atoms. The highest BCUT2D eigenvalue weighted by atomic mass is 35.5. The third-order valence-corrected chi connectivity index (χ3v) is 3.36. The predicted octanol–water partition coefficient (Wildman–Crippen LogP) is 1.82. The van der Waals surface area contributed by atoms with Crippen molar-refractivity contribution in [2.75, 3.05) is 5.73 Å². The fourth-order valence-electron chi connectivity index (χ4n) is 1.56. The van der Waals surface area contributed by atoms with E-state index in [2.05, 4.69) is 5.32 Å². The first-order chi connectivity index (χ1) is 8.73. The number of carbonyl (C=O) groups excluding carboxylic acids is 2. The number of anilines is 1. The Bertz CT molecular complexity index is 518. The Hall–Kier alpha value is -1.46. The predicted molar refractivity (Wildman–Crippen MR) is 76.2 cm³/mol. The van der Waals surface area contributed by atoms with E-state index in [0.29, 0.717) is 5.69 Å². The van der Waals surface area contributed by atoms with E-state index in [1.807, 2.05) is 0 Å². The highest BCUT2D eigenvalue weighted by molar-refractivity contribution is 6.44. The average Bonchev–Trinajstić information content (AvgIpc) is 2.29. The zero-order valence-corrected chi connectivity index (χ0v) is 12.0. The van der Waals surface area contributed by atoms with Gasteiger partial charge in [-0.3, -0.25) is 9.59 Å². The Morgan fingerprint density at radius 2 is 1.84 bits per heavy atom. The summed E-state index contributed by atoms with van der Waals surface area (Å²) in [6.45, 7) is 3.54. The molecule has 1 aromatic rings. The third-order valence-electron chi connectivity index (χ3n) is 2.55. The number of rotatable bonds is 4. The molecule has 1 rings (SSSR count). The van der Waals surface area contributed by atoms with E-state index >= 15 is 0 Å². The Morgan fingerprint density at radius 3 is 2.32 bits per heavy atom. The van der Waals surface area contributed by atoms with Crippen LogP contribution in [0.15, 0.2) is 12.1 Å². The molecule has 0 saturated carbocycles. The van der Waals surface area contributed by atoms with E-state index in [1.165, 1.54) is 12.1 Å². The second-order valence-electron chi connectivity index (χ2n) is 4.46. The fraction of sp³-hybridized carbons (Fsp3) is 0.333. The van der Waals surface area contributed by atoms with Crippen LogP contribution in [0.1, 0.15) is 24.2 Å². The van der Waals surface area contributed by atoms with E-state index in [1.54, 1.807) is 13.8 Å². The van der Waals surface area contributed by atoms with Gasteiger partial charge in [-0.15, -0.1) is 0 Å². The number of nitrogens with one attached hydrogen (secondary N) is 1. The molecule has 5 nitrogen and oxygen atoms in total. The Kier molecular flexibility index (Phi) is 5.03. The van der Waals surface area contributed by atoms with Crippen LogP contribution in [0, 0.1) is 5.92 Å². The lowest BCUT2D eigenvalue weighted by molar-refractivity contribution is -0.120. The number of carbonyl (C=O) groups is 2. The largest absolute Gasteiger partial charge is 0.399 e. The highest BCUT2D eigenvalue weighted by Gasteiger charge is 2.24. The lowest BCUT2D eigenvalue weighted by Gasteiger charge is -2.19. The maximum Gasteiger partial charge on any atom is 0.253 e. The first-order valence-electron chi connectivity index (χ1n) is 5.58. The molecular formula is C12H15Cl2N3O2. The van der Waals surface area contributed by atoms with Crippen molar-refractivity contribution in [2.45, 2.75) is 19.9 Å². The van der Waals surface area contributed by atoms with Crippen LogP contribution in [0.3, 0.4) is 0 Å². The molecule has 1 aromatic carbocycles. The monoisotopic (exact) mass is 303 g/mol. The molecule has 0 aliphatic carbocycles. The van der Waals surface area contributed by atoms with Crippen LogP contribution < -0.4 is 16.8 Å². The molecule has 104 valence electrons. The SMILES string of the molecule is CC(C)C(NC(=O)c1cc(N)cc(Cl)c1Cl)C(N)=O. The van der Waals surface area contributed by atoms with Gasteiger partial charge in [-0.05, 0) is 18.1 Å². The average molecular weight is 304 g/mol. The molecule has 0 aliphatic rings. The molecule has 19 heavy (non-hydrogen) atoms. The fourth-order valence-corrected chi connectivity index (χ4v) is 1.98. The van der Waals surface area contributed by atoms with Crippen molar-refractivity contribution in [3.05, 3.63) is 27.7 Å². The van der Waals surface area contributed by atoms with Crippen molar-refractivity contribution in [1.29, 1.82) is 0 Å². The van der Waals surface area contributed by atoms with Gasteiger partial charge < -0.3 is 16.8 Å². The molecule has 5 N–H and O–H groups in total. The van der Waals surface area contributed by atoms with Gasteiger partial charge in [0.25, 0.3) is 5.91 Å². The zero-order valence-electron chi connectivity index (χ0n) is 10.5. The molecular weight excluding hydrogens is 289 g/mol. The van der Waals surface area contributed by atoms with Crippen LogP contribution in [0.25, 0.3) is 0 Å². The van der Waals surface area contributed by atoms with Gasteiger partial charge in [-0.1, -0.05) is 37.0 Å². The summed E-state index contributed by atoms with van der Waals surface area (Å²) in [7, 11) is 0. The molecule has 0 saturated heterocycles. The molecule has 0 radical (unpaired) electrons. The van der Waals surface area contributed by atoms with Crippen LogP contribution >= 0.6 is 23.2 Å². The minimum Gasteiger partial charge on any atom is -0.399 e. The van der Waals surface area contributed by atoms with Gasteiger partial charge in [0.05, 0.1) is 15.6 Å². The number of nitrogen functional groups attached to an aromatic ring is 1. The summed E-state index contributed by atoms with van der Waals surface area (Å²) in [5.74, 6) is -1.30. The number of benzene rings is 1. The zero-order chi connectivity index (χ0) is 14.7. The summed E-state index contributed by atoms with van der Waals surface area (Å²) in [5, 5.41) is 2.77. The molecule has 0 spiro atoms. The number of hydrogen-bond acceptors (Lipinski definition) is 3. The van der Waals surface area contributed by atoms with Gasteiger partial charge in [0.1, 0.15) is 6.04 Å². The third kappa shape index (κ3) is 3.75. The first-order valence-corrected chi connectivity index (χ1v) is 6.34. The standard InChI is InChI=1S/C12H15Cl2N3O2/c1-5(2)10(11(16)18)17-12(19)7-3-6(15)4-8(13)9(7)14/h3-5,10H,15H2,1-2H3,(H2,16,18)(H,17,19). The van der Waals surface area contributed by atoms with Crippen LogP contribution in [0.4, 0.5) is 5.69 Å². The molecule has 0 aromatic heterocycles. The lowest BCUT2D eigenvalue weighted by atomic mass is 10.0. The van der Waals surface area contributed by atoms with Gasteiger partial charge in [-0.2, -0.15) is 0 Å². The molecule has 2 amide bonds. The van der Waals surface area contributed by atoms with Crippen molar-refractivity contribution >= 4 is 40.7 Å². The van der Waals surface area contributed by atoms with Gasteiger partial charge in [0.2, 0.25) is 5.91 Å². The Labute approximate surface area is 121 Å². The van der Waals surface area contributed by atoms with Gasteiger partial charge in [0.15, 0.2) is 0 Å². The molecule has 0 aliphatic heterocycles. The van der Waals surface area contributed by atoms with E-state index in [4.69, 9.17) is 34.7 Å². The second kappa shape index (κ2) is 6.12. The number of hydrogen-bond donors (Lipinski definition) is 3. The van der Waals surface area contributed by atoms with E-state index in [0.717, 1.165) is 0 Å². The van der Waals surface area contributed by atoms with Crippen LogP contribution in [0.5, 0.6) is 0 Å². The summed E-state index contributed by atoms with van der Waals surface area (Å²) in [5.41, 5.74) is 11.2. The van der Waals surface area contributed by atoms with Crippen molar-refractivity contribution < 1.29 is 9.59 Å². The van der Waals surface area contributed by atoms with Gasteiger partial charge in [0, 0.05) is 5.69 Å². The van der Waals surface area contributed by atoms with Crippen molar-refractivity contribution in [3.8, 4) is 0 Å². The van der Waals surface area contributed by atoms with Crippen LogP contribution in [-0.4, -0.2) is 17.9 Å². The summed E-state index contributed by atoms with van der Waals surface area (Å²) in [4.78, 5) is 23.3. The quantitative estimate of drug-likeness (QED) is 0.740. The van der Waals surface area contributed by atoms with Crippen molar-refractivity contribution in [2.24, 2.45) is 11.7 Å². The summed E-state index contributed by atoms with van der Waals surface area (Å²) >= 11 is 11.8. The number of nitrogens with two attached hydrogens (primary N) is 2. The second-order valence-corrected chi connectivity index (χ2v) is 5.25. The maximum absolute atomic E-state index is 12.1. The minimum absolute atomic E-state index is 0.0837. The molecule has 0 fully saturated rings. The van der Waals surface area contributed by atoms with Crippen LogP contribution in [-0.2, 0) is 4.79 Å². The first kappa shape index (κ1) is 15.6. The molecule has 1 atom stereocenters.